The Morgan fingerprint density at radius 1 is 1.12 bits per heavy atom. The van der Waals surface area contributed by atoms with Crippen LogP contribution in [0.15, 0.2) is 61.2 Å². The minimum absolute atomic E-state index is 0.0455. The molecule has 0 saturated heterocycles. The first-order valence-corrected chi connectivity index (χ1v) is 9.66. The van der Waals surface area contributed by atoms with E-state index in [2.05, 4.69) is 30.9 Å². The molecule has 0 spiro atoms. The van der Waals surface area contributed by atoms with Crippen LogP contribution in [-0.2, 0) is 11.3 Å². The Hall–Kier alpha value is -4.54. The van der Waals surface area contributed by atoms with Gasteiger partial charge in [0.1, 0.15) is 30.2 Å². The van der Waals surface area contributed by atoms with E-state index in [4.69, 9.17) is 4.98 Å². The molecule has 0 bridgehead atoms. The van der Waals surface area contributed by atoms with Gasteiger partial charge in [-0.3, -0.25) is 4.79 Å². The van der Waals surface area contributed by atoms with E-state index in [1.165, 1.54) is 17.1 Å². The van der Waals surface area contributed by atoms with Gasteiger partial charge in [-0.15, -0.1) is 5.10 Å². The van der Waals surface area contributed by atoms with Gasteiger partial charge in [0.05, 0.1) is 5.69 Å². The van der Waals surface area contributed by atoms with Crippen molar-refractivity contribution in [3.8, 4) is 22.5 Å². The number of nitrogens with zero attached hydrogens (tertiary/aromatic N) is 8. The van der Waals surface area contributed by atoms with Crippen molar-refractivity contribution in [2.24, 2.45) is 0 Å². The van der Waals surface area contributed by atoms with Crippen LogP contribution >= 0.6 is 0 Å². The van der Waals surface area contributed by atoms with Crippen LogP contribution < -0.4 is 5.32 Å². The number of halogens is 1. The number of carbonyl (C=O) groups is 1. The van der Waals surface area contributed by atoms with Crippen LogP contribution in [0.2, 0.25) is 0 Å². The van der Waals surface area contributed by atoms with Gasteiger partial charge < -0.3 is 5.32 Å². The van der Waals surface area contributed by atoms with Crippen molar-refractivity contribution in [2.75, 3.05) is 5.32 Å². The first-order chi connectivity index (χ1) is 15.6. The molecule has 1 amide bonds. The lowest BCUT2D eigenvalue weighted by Crippen LogP contribution is -2.19. The monoisotopic (exact) mass is 429 g/mol. The smallest absolute Gasteiger partial charge is 0.247 e. The van der Waals surface area contributed by atoms with Crippen molar-refractivity contribution in [1.29, 1.82) is 0 Å². The number of carbonyl (C=O) groups excluding carboxylic acids is 1. The van der Waals surface area contributed by atoms with Crippen LogP contribution in [0.5, 0.6) is 0 Å². The molecule has 0 fully saturated rings. The van der Waals surface area contributed by atoms with Crippen molar-refractivity contribution < 1.29 is 9.18 Å². The lowest BCUT2D eigenvalue weighted by molar-refractivity contribution is -0.117. The number of aryl methyl sites for hydroxylation is 1. The molecule has 32 heavy (non-hydrogen) atoms. The van der Waals surface area contributed by atoms with E-state index in [0.717, 1.165) is 11.1 Å². The highest BCUT2D eigenvalue weighted by molar-refractivity contribution is 5.91. The number of imidazole rings is 1. The summed E-state index contributed by atoms with van der Waals surface area (Å²) in [5, 5.41) is 17.9. The number of amides is 1. The molecule has 158 valence electrons. The molecule has 0 atom stereocenters. The van der Waals surface area contributed by atoms with Crippen LogP contribution in [0.4, 0.5) is 10.2 Å². The van der Waals surface area contributed by atoms with E-state index in [1.807, 2.05) is 6.07 Å². The molecule has 5 rings (SSSR count). The Kier molecular flexibility index (Phi) is 4.82. The van der Waals surface area contributed by atoms with Gasteiger partial charge in [-0.25, -0.2) is 23.6 Å². The van der Waals surface area contributed by atoms with E-state index >= 15 is 0 Å². The highest BCUT2D eigenvalue weighted by Crippen LogP contribution is 2.33. The van der Waals surface area contributed by atoms with Crippen molar-refractivity contribution in [3.05, 3.63) is 72.6 Å². The number of nitrogens with one attached hydrogen (secondary N) is 1. The first-order valence-electron chi connectivity index (χ1n) is 9.66. The molecule has 5 aromatic rings. The summed E-state index contributed by atoms with van der Waals surface area (Å²) < 4.78 is 16.9. The topological polar surface area (TPSA) is 116 Å². The number of pyridine rings is 1. The Morgan fingerprint density at radius 2 is 2.03 bits per heavy atom. The first kappa shape index (κ1) is 19.4. The molecule has 0 saturated carbocycles. The minimum Gasteiger partial charge on any atom is -0.309 e. The van der Waals surface area contributed by atoms with Crippen molar-refractivity contribution in [2.45, 2.75) is 13.5 Å². The number of anilines is 1. The van der Waals surface area contributed by atoms with E-state index < -0.39 is 0 Å². The van der Waals surface area contributed by atoms with Gasteiger partial charge >= 0.3 is 0 Å². The zero-order chi connectivity index (χ0) is 22.1. The van der Waals surface area contributed by atoms with Crippen LogP contribution in [0.1, 0.15) is 5.56 Å². The van der Waals surface area contributed by atoms with Gasteiger partial charge in [0.2, 0.25) is 5.91 Å². The molecule has 11 heteroatoms. The average Bonchev–Trinajstić information content (AvgIpc) is 3.43. The number of aromatic nitrogens is 8. The van der Waals surface area contributed by atoms with Gasteiger partial charge in [0, 0.05) is 23.5 Å². The molecule has 0 aliphatic heterocycles. The van der Waals surface area contributed by atoms with Gasteiger partial charge in [-0.2, -0.15) is 5.10 Å². The summed E-state index contributed by atoms with van der Waals surface area (Å²) in [6.07, 6.45) is 4.60. The third-order valence-electron chi connectivity index (χ3n) is 4.82. The van der Waals surface area contributed by atoms with Gasteiger partial charge in [-0.05, 0) is 65.4 Å². The molecule has 1 aromatic carbocycles. The summed E-state index contributed by atoms with van der Waals surface area (Å²) >= 11 is 0. The fourth-order valence-corrected chi connectivity index (χ4v) is 3.37. The molecule has 4 aromatic heterocycles. The lowest BCUT2D eigenvalue weighted by atomic mass is 10.0. The number of hydrogen-bond donors (Lipinski definition) is 1. The standard InChI is InChI=1S/C21H16FN9O/c1-13-9-14(4-5-16(13)22)20-21(31-18(27-20)3-2-7-25-31)15-6-8-23-17(10-15)26-19(32)11-30-12-24-28-29-30/h2-10,12H,11H2,1H3,(H,23,26,32). The summed E-state index contributed by atoms with van der Waals surface area (Å²) in [5.41, 5.74) is 3.99. The van der Waals surface area contributed by atoms with E-state index in [1.54, 1.807) is 54.2 Å². The molecule has 10 nitrogen and oxygen atoms in total. The highest BCUT2D eigenvalue weighted by Gasteiger charge is 2.18. The Bertz CT molecular complexity index is 1430. The predicted molar refractivity (Wildman–Crippen MR) is 113 cm³/mol. The molecule has 0 aliphatic carbocycles. The van der Waals surface area contributed by atoms with Crippen LogP contribution in [0.25, 0.3) is 28.2 Å². The van der Waals surface area contributed by atoms with Crippen LogP contribution in [0.3, 0.4) is 0 Å². The fourth-order valence-electron chi connectivity index (χ4n) is 3.37. The highest BCUT2D eigenvalue weighted by atomic mass is 19.1. The summed E-state index contributed by atoms with van der Waals surface area (Å²) in [5.74, 6) is -0.256. The maximum atomic E-state index is 13.9. The third-order valence-corrected chi connectivity index (χ3v) is 4.82. The van der Waals surface area contributed by atoms with Crippen LogP contribution in [-0.4, -0.2) is 45.7 Å². The predicted octanol–water partition coefficient (Wildman–Crippen LogP) is 2.53. The van der Waals surface area contributed by atoms with E-state index in [-0.39, 0.29) is 18.3 Å². The van der Waals surface area contributed by atoms with Crippen LogP contribution in [0, 0.1) is 12.7 Å². The average molecular weight is 429 g/mol. The number of benzene rings is 1. The largest absolute Gasteiger partial charge is 0.309 e. The Morgan fingerprint density at radius 3 is 2.84 bits per heavy atom. The zero-order valence-corrected chi connectivity index (χ0v) is 16.8. The van der Waals surface area contributed by atoms with E-state index in [0.29, 0.717) is 28.4 Å². The lowest BCUT2D eigenvalue weighted by Gasteiger charge is -2.09. The number of hydrogen-bond acceptors (Lipinski definition) is 7. The van der Waals surface area contributed by atoms with Crippen molar-refractivity contribution in [3.63, 3.8) is 0 Å². The third kappa shape index (κ3) is 3.67. The maximum absolute atomic E-state index is 13.9. The Balaban J connectivity index is 1.56. The molecule has 1 N–H and O–H groups in total. The van der Waals surface area contributed by atoms with Gasteiger partial charge in [0.15, 0.2) is 5.65 Å². The number of tetrazole rings is 1. The molecular weight excluding hydrogens is 413 g/mol. The summed E-state index contributed by atoms with van der Waals surface area (Å²) in [7, 11) is 0. The fraction of sp³-hybridized carbons (Fsp3) is 0.0952. The second kappa shape index (κ2) is 7.95. The summed E-state index contributed by atoms with van der Waals surface area (Å²) in [6.45, 7) is 1.66. The van der Waals surface area contributed by atoms with Crippen molar-refractivity contribution in [1.82, 2.24) is 39.8 Å². The second-order valence-electron chi connectivity index (χ2n) is 7.05. The number of fused-ring (bicyclic) bond motifs is 1. The quantitative estimate of drug-likeness (QED) is 0.456. The minimum atomic E-state index is -0.326. The molecule has 0 aliphatic rings. The van der Waals surface area contributed by atoms with Crippen molar-refractivity contribution >= 4 is 17.4 Å². The summed E-state index contributed by atoms with van der Waals surface area (Å²) in [4.78, 5) is 21.3. The number of rotatable bonds is 5. The maximum Gasteiger partial charge on any atom is 0.247 e. The summed E-state index contributed by atoms with van der Waals surface area (Å²) in [6, 6.07) is 12.0. The SMILES string of the molecule is Cc1cc(-c2nc3cccnn3c2-c2ccnc(NC(=O)Cn3cnnn3)c2)ccc1F. The normalized spacial score (nSPS) is 11.1. The molecule has 0 unspecified atom stereocenters. The van der Waals surface area contributed by atoms with Gasteiger partial charge in [-0.1, -0.05) is 0 Å². The van der Waals surface area contributed by atoms with Gasteiger partial charge in [0.25, 0.3) is 0 Å². The molecule has 0 radical (unpaired) electrons. The second-order valence-corrected chi connectivity index (χ2v) is 7.05. The van der Waals surface area contributed by atoms with E-state index in [9.17, 15) is 9.18 Å². The zero-order valence-electron chi connectivity index (χ0n) is 16.8. The molecule has 4 heterocycles. The Labute approximate surface area is 180 Å². The molecular formula is C21H16FN9O.